The molecule has 2 heterocycles. The Morgan fingerprint density at radius 1 is 1.38 bits per heavy atom. The first-order chi connectivity index (χ1) is 10.2. The van der Waals surface area contributed by atoms with Crippen molar-refractivity contribution in [3.8, 4) is 0 Å². The normalized spacial score (nSPS) is 10.9. The van der Waals surface area contributed by atoms with Gasteiger partial charge in [-0.15, -0.1) is 0 Å². The zero-order chi connectivity index (χ0) is 14.8. The third-order valence-electron chi connectivity index (χ3n) is 3.03. The van der Waals surface area contributed by atoms with Gasteiger partial charge in [0.1, 0.15) is 5.52 Å². The summed E-state index contributed by atoms with van der Waals surface area (Å²) in [5, 5.41) is 14.0. The maximum atomic E-state index is 10.6. The van der Waals surface area contributed by atoms with Gasteiger partial charge in [0.2, 0.25) is 0 Å². The molecule has 0 aliphatic heterocycles. The second kappa shape index (κ2) is 5.53. The molecule has 6 nitrogen and oxygen atoms in total. The minimum atomic E-state index is -0.373. The number of fused-ring (bicyclic) bond motifs is 1. The second-order valence-corrected chi connectivity index (χ2v) is 5.64. The molecule has 0 amide bonds. The van der Waals surface area contributed by atoms with Gasteiger partial charge in [-0.05, 0) is 24.3 Å². The number of hydrogen-bond donors (Lipinski definition) is 1. The summed E-state index contributed by atoms with van der Waals surface area (Å²) in [5.74, 6) is 0.719. The minimum Gasteiger partial charge on any atom is -0.441 e. The zero-order valence-corrected chi connectivity index (χ0v) is 12.1. The highest BCUT2D eigenvalue weighted by atomic mass is 32.1. The summed E-state index contributed by atoms with van der Waals surface area (Å²) in [4.78, 5) is 15.6. The van der Waals surface area contributed by atoms with E-state index >= 15 is 0 Å². The molecule has 0 saturated carbocycles. The van der Waals surface area contributed by atoms with Gasteiger partial charge >= 0.3 is 5.00 Å². The van der Waals surface area contributed by atoms with E-state index in [1.54, 1.807) is 6.07 Å². The van der Waals surface area contributed by atoms with Crippen LogP contribution in [0.15, 0.2) is 34.7 Å². The third kappa shape index (κ3) is 2.87. The highest BCUT2D eigenvalue weighted by molar-refractivity contribution is 7.15. The van der Waals surface area contributed by atoms with Crippen LogP contribution >= 0.6 is 11.3 Å². The molecule has 0 bridgehead atoms. The molecule has 21 heavy (non-hydrogen) atoms. The number of aromatic nitrogens is 1. The predicted octanol–water partition coefficient (Wildman–Crippen LogP) is 3.97. The number of hydrogen-bond acceptors (Lipinski definition) is 6. The van der Waals surface area contributed by atoms with Crippen molar-refractivity contribution in [2.75, 3.05) is 5.32 Å². The summed E-state index contributed by atoms with van der Waals surface area (Å²) >= 11 is 1.18. The molecule has 0 fully saturated rings. The van der Waals surface area contributed by atoms with Crippen molar-refractivity contribution in [3.63, 3.8) is 0 Å². The SMILES string of the molecule is CCc1nc2cc(NCc3ccc([N+](=O)[O-])s3)ccc2o1. The summed E-state index contributed by atoms with van der Waals surface area (Å²) in [6.07, 6.45) is 0.760. The summed E-state index contributed by atoms with van der Waals surface area (Å²) in [7, 11) is 0. The monoisotopic (exact) mass is 303 g/mol. The highest BCUT2D eigenvalue weighted by Crippen LogP contribution is 2.25. The predicted molar refractivity (Wildman–Crippen MR) is 81.7 cm³/mol. The summed E-state index contributed by atoms with van der Waals surface area (Å²) in [6.45, 7) is 2.54. The topological polar surface area (TPSA) is 81.2 Å². The van der Waals surface area contributed by atoms with E-state index in [-0.39, 0.29) is 9.92 Å². The Hall–Kier alpha value is -2.41. The average molecular weight is 303 g/mol. The van der Waals surface area contributed by atoms with Crippen LogP contribution in [0.5, 0.6) is 0 Å². The number of nitro groups is 1. The number of anilines is 1. The molecule has 2 aromatic heterocycles. The molecule has 1 N–H and O–H groups in total. The van der Waals surface area contributed by atoms with Crippen molar-refractivity contribution >= 4 is 33.1 Å². The average Bonchev–Trinajstić information content (AvgIpc) is 3.10. The van der Waals surface area contributed by atoms with E-state index in [4.69, 9.17) is 4.42 Å². The number of thiophene rings is 1. The Balaban J connectivity index is 1.73. The largest absolute Gasteiger partial charge is 0.441 e. The van der Waals surface area contributed by atoms with Crippen LogP contribution in [-0.4, -0.2) is 9.91 Å². The number of nitrogens with one attached hydrogen (secondary N) is 1. The smallest absolute Gasteiger partial charge is 0.324 e. The minimum absolute atomic E-state index is 0.159. The lowest BCUT2D eigenvalue weighted by molar-refractivity contribution is -0.380. The quantitative estimate of drug-likeness (QED) is 0.569. The summed E-state index contributed by atoms with van der Waals surface area (Å²) < 4.78 is 5.55. The number of aryl methyl sites for hydroxylation is 1. The molecule has 0 atom stereocenters. The molecular weight excluding hydrogens is 290 g/mol. The van der Waals surface area contributed by atoms with E-state index in [0.29, 0.717) is 6.54 Å². The van der Waals surface area contributed by atoms with Crippen LogP contribution in [0.3, 0.4) is 0 Å². The van der Waals surface area contributed by atoms with Crippen LogP contribution in [0.4, 0.5) is 10.7 Å². The lowest BCUT2D eigenvalue weighted by Gasteiger charge is -2.03. The molecule has 3 rings (SSSR count). The fourth-order valence-electron chi connectivity index (χ4n) is 1.99. The van der Waals surface area contributed by atoms with Crippen LogP contribution in [0, 0.1) is 10.1 Å². The lowest BCUT2D eigenvalue weighted by Crippen LogP contribution is -1.96. The van der Waals surface area contributed by atoms with Crippen molar-refractivity contribution in [1.82, 2.24) is 4.98 Å². The van der Waals surface area contributed by atoms with E-state index in [0.717, 1.165) is 34.0 Å². The molecule has 7 heteroatoms. The molecular formula is C14H13N3O3S. The molecule has 108 valence electrons. The molecule has 0 aliphatic rings. The van der Waals surface area contributed by atoms with Crippen molar-refractivity contribution in [3.05, 3.63) is 51.2 Å². The number of benzene rings is 1. The number of rotatable bonds is 5. The molecule has 0 unspecified atom stereocenters. The Kier molecular flexibility index (Phi) is 3.57. The molecule has 0 aliphatic carbocycles. The van der Waals surface area contributed by atoms with E-state index in [2.05, 4.69) is 10.3 Å². The van der Waals surface area contributed by atoms with E-state index in [9.17, 15) is 10.1 Å². The van der Waals surface area contributed by atoms with Crippen LogP contribution in [0.2, 0.25) is 0 Å². The van der Waals surface area contributed by atoms with Crippen LogP contribution < -0.4 is 5.32 Å². The van der Waals surface area contributed by atoms with Gasteiger partial charge in [-0.1, -0.05) is 18.3 Å². The lowest BCUT2D eigenvalue weighted by atomic mass is 10.3. The molecule has 0 radical (unpaired) electrons. The molecule has 3 aromatic rings. The van der Waals surface area contributed by atoms with Crippen molar-refractivity contribution in [2.24, 2.45) is 0 Å². The zero-order valence-electron chi connectivity index (χ0n) is 11.3. The van der Waals surface area contributed by atoms with Crippen molar-refractivity contribution in [2.45, 2.75) is 19.9 Å². The number of oxazole rings is 1. The van der Waals surface area contributed by atoms with Gasteiger partial charge in [0.15, 0.2) is 11.5 Å². The Bertz CT molecular complexity index is 794. The first kappa shape index (κ1) is 13.6. The van der Waals surface area contributed by atoms with Gasteiger partial charge in [-0.2, -0.15) is 0 Å². The van der Waals surface area contributed by atoms with E-state index in [1.807, 2.05) is 25.1 Å². The first-order valence-corrected chi connectivity index (χ1v) is 7.34. The fraction of sp³-hybridized carbons (Fsp3) is 0.214. The van der Waals surface area contributed by atoms with Gasteiger partial charge < -0.3 is 9.73 Å². The van der Waals surface area contributed by atoms with Gasteiger partial charge in [-0.25, -0.2) is 4.98 Å². The number of nitrogens with zero attached hydrogens (tertiary/aromatic N) is 2. The maximum absolute atomic E-state index is 10.6. The van der Waals surface area contributed by atoms with Gasteiger partial charge in [-0.3, -0.25) is 10.1 Å². The van der Waals surface area contributed by atoms with E-state index < -0.39 is 0 Å². The van der Waals surface area contributed by atoms with Gasteiger partial charge in [0.25, 0.3) is 0 Å². The Morgan fingerprint density at radius 3 is 2.95 bits per heavy atom. The van der Waals surface area contributed by atoms with Crippen LogP contribution in [0.1, 0.15) is 17.7 Å². The molecule has 1 aromatic carbocycles. The van der Waals surface area contributed by atoms with Crippen LogP contribution in [-0.2, 0) is 13.0 Å². The summed E-state index contributed by atoms with van der Waals surface area (Å²) in [6, 6.07) is 8.99. The van der Waals surface area contributed by atoms with Crippen molar-refractivity contribution in [1.29, 1.82) is 0 Å². The standard InChI is InChI=1S/C14H13N3O3S/c1-2-13-16-11-7-9(3-5-12(11)20-13)15-8-10-4-6-14(21-10)17(18)19/h3-7,15H,2,8H2,1H3. The highest BCUT2D eigenvalue weighted by Gasteiger charge is 2.10. The Labute approximate surface area is 124 Å². The molecule has 0 spiro atoms. The fourth-order valence-corrected chi connectivity index (χ4v) is 2.74. The summed E-state index contributed by atoms with van der Waals surface area (Å²) in [5.41, 5.74) is 2.49. The second-order valence-electron chi connectivity index (χ2n) is 4.49. The first-order valence-electron chi connectivity index (χ1n) is 6.52. The van der Waals surface area contributed by atoms with Gasteiger partial charge in [0.05, 0.1) is 4.92 Å². The van der Waals surface area contributed by atoms with E-state index in [1.165, 1.54) is 17.4 Å². The van der Waals surface area contributed by atoms with Gasteiger partial charge in [0, 0.05) is 29.6 Å². The Morgan fingerprint density at radius 2 is 2.24 bits per heavy atom. The molecule has 0 saturated heterocycles. The third-order valence-corrected chi connectivity index (χ3v) is 4.07. The maximum Gasteiger partial charge on any atom is 0.324 e. The van der Waals surface area contributed by atoms with Crippen molar-refractivity contribution < 1.29 is 9.34 Å². The van der Waals surface area contributed by atoms with Crippen LogP contribution in [0.25, 0.3) is 11.1 Å².